The van der Waals surface area contributed by atoms with E-state index >= 15 is 0 Å². The van der Waals surface area contributed by atoms with Gasteiger partial charge < -0.3 is 10.4 Å². The molecule has 4 heterocycles. The molecular formula is C29H39N5O2. The van der Waals surface area contributed by atoms with Crippen LogP contribution in [0.3, 0.4) is 0 Å². The van der Waals surface area contributed by atoms with E-state index in [0.717, 1.165) is 81.1 Å². The number of fused-ring (bicyclic) bond motifs is 1. The molecule has 2 aliphatic heterocycles. The summed E-state index contributed by atoms with van der Waals surface area (Å²) < 4.78 is 0. The molecule has 2 aliphatic carbocycles. The van der Waals surface area contributed by atoms with E-state index in [-0.39, 0.29) is 0 Å². The topological polar surface area (TPSA) is 91.2 Å². The Kier molecular flexibility index (Phi) is 6.92. The smallest absolute Gasteiger partial charge is 0.325 e. The highest BCUT2D eigenvalue weighted by atomic mass is 16.4. The third kappa shape index (κ3) is 5.41. The van der Waals surface area contributed by atoms with Crippen molar-refractivity contribution in [2.24, 2.45) is 5.92 Å². The number of aliphatic carboxylic acids is 1. The molecule has 192 valence electrons. The van der Waals surface area contributed by atoms with E-state index in [1.54, 1.807) is 0 Å². The molecule has 0 spiro atoms. The van der Waals surface area contributed by atoms with Gasteiger partial charge in [0.25, 0.3) is 0 Å². The summed E-state index contributed by atoms with van der Waals surface area (Å²) in [6.45, 7) is 2.75. The van der Waals surface area contributed by atoms with E-state index in [1.807, 2.05) is 6.20 Å². The van der Waals surface area contributed by atoms with Crippen molar-refractivity contribution in [2.45, 2.75) is 94.9 Å². The van der Waals surface area contributed by atoms with Crippen molar-refractivity contribution in [3.05, 3.63) is 46.7 Å². The summed E-state index contributed by atoms with van der Waals surface area (Å²) in [6, 6.07) is 3.83. The average Bonchev–Trinajstić information content (AvgIpc) is 3.82. The molecule has 0 radical (unpaired) electrons. The Morgan fingerprint density at radius 3 is 2.75 bits per heavy atom. The number of unbranched alkanes of at least 4 members (excludes halogenated alkanes) is 2. The Hall–Kier alpha value is -2.54. The molecule has 2 atom stereocenters. The fourth-order valence-electron chi connectivity index (χ4n) is 6.09. The maximum absolute atomic E-state index is 12.4. The van der Waals surface area contributed by atoms with Crippen molar-refractivity contribution in [1.29, 1.82) is 0 Å². The predicted octanol–water partition coefficient (Wildman–Crippen LogP) is 5.24. The van der Waals surface area contributed by atoms with Gasteiger partial charge in [-0.25, -0.2) is 15.0 Å². The minimum absolute atomic E-state index is 0.432. The third-order valence-corrected chi connectivity index (χ3v) is 8.48. The van der Waals surface area contributed by atoms with Gasteiger partial charge in [-0.2, -0.15) is 0 Å². The number of nitrogens with one attached hydrogen (secondary N) is 1. The van der Waals surface area contributed by atoms with Gasteiger partial charge in [0.05, 0.1) is 5.69 Å². The van der Waals surface area contributed by atoms with Gasteiger partial charge in [-0.05, 0) is 88.3 Å². The summed E-state index contributed by atoms with van der Waals surface area (Å²) in [6.07, 6.45) is 15.6. The van der Waals surface area contributed by atoms with Gasteiger partial charge in [-0.1, -0.05) is 18.9 Å². The van der Waals surface area contributed by atoms with Crippen LogP contribution in [0.15, 0.2) is 18.3 Å². The number of pyridine rings is 1. The Morgan fingerprint density at radius 1 is 1.08 bits per heavy atom. The van der Waals surface area contributed by atoms with Crippen molar-refractivity contribution in [1.82, 2.24) is 19.9 Å². The molecule has 2 aromatic rings. The Balaban J connectivity index is 1.00. The number of carbonyl (C=O) groups is 1. The lowest BCUT2D eigenvalue weighted by Gasteiger charge is -2.26. The fraction of sp³-hybridized carbons (Fsp3) is 0.655. The van der Waals surface area contributed by atoms with Gasteiger partial charge in [-0.3, -0.25) is 9.69 Å². The predicted molar refractivity (Wildman–Crippen MR) is 139 cm³/mol. The lowest BCUT2D eigenvalue weighted by atomic mass is 9.99. The summed E-state index contributed by atoms with van der Waals surface area (Å²) in [7, 11) is 0. The van der Waals surface area contributed by atoms with Crippen LogP contribution in [0.2, 0.25) is 0 Å². The van der Waals surface area contributed by atoms with Crippen LogP contribution in [0.5, 0.6) is 0 Å². The maximum Gasteiger partial charge on any atom is 0.325 e. The highest BCUT2D eigenvalue weighted by molar-refractivity contribution is 5.76. The molecule has 2 N–H and O–H groups in total. The average molecular weight is 490 g/mol. The largest absolute Gasteiger partial charge is 0.480 e. The van der Waals surface area contributed by atoms with Crippen LogP contribution in [-0.2, 0) is 17.6 Å². The summed E-state index contributed by atoms with van der Waals surface area (Å²) in [5.74, 6) is 2.78. The number of carboxylic acids is 1. The second-order valence-corrected chi connectivity index (χ2v) is 11.4. The van der Waals surface area contributed by atoms with Crippen LogP contribution in [-0.4, -0.2) is 50.6 Å². The minimum Gasteiger partial charge on any atom is -0.480 e. The van der Waals surface area contributed by atoms with E-state index < -0.39 is 12.0 Å². The lowest BCUT2D eigenvalue weighted by molar-refractivity contribution is -0.143. The number of nitrogens with zero attached hydrogens (tertiary/aromatic N) is 4. The van der Waals surface area contributed by atoms with Crippen LogP contribution >= 0.6 is 0 Å². The van der Waals surface area contributed by atoms with Crippen molar-refractivity contribution in [3.8, 4) is 0 Å². The molecule has 1 saturated heterocycles. The fourth-order valence-corrected chi connectivity index (χ4v) is 6.09. The van der Waals surface area contributed by atoms with Crippen molar-refractivity contribution >= 4 is 11.8 Å². The molecule has 0 amide bonds. The summed E-state index contributed by atoms with van der Waals surface area (Å²) >= 11 is 0. The van der Waals surface area contributed by atoms with Crippen molar-refractivity contribution in [3.63, 3.8) is 0 Å². The first-order valence-electron chi connectivity index (χ1n) is 14.2. The Morgan fingerprint density at radius 2 is 1.94 bits per heavy atom. The van der Waals surface area contributed by atoms with Gasteiger partial charge in [-0.15, -0.1) is 0 Å². The number of hydrogen-bond acceptors (Lipinski definition) is 6. The van der Waals surface area contributed by atoms with Gasteiger partial charge in [0.2, 0.25) is 0 Å². The molecule has 1 unspecified atom stereocenters. The number of hydrogen-bond donors (Lipinski definition) is 2. The van der Waals surface area contributed by atoms with Crippen LogP contribution in [0.25, 0.3) is 0 Å². The number of likely N-dealkylation sites (tertiary alicyclic amines) is 1. The van der Waals surface area contributed by atoms with Gasteiger partial charge in [0.15, 0.2) is 0 Å². The first-order chi connectivity index (χ1) is 17.7. The summed E-state index contributed by atoms with van der Waals surface area (Å²) in [4.78, 5) is 28.9. The van der Waals surface area contributed by atoms with Crippen LogP contribution in [0, 0.1) is 5.92 Å². The number of aromatic nitrogens is 3. The molecule has 7 heteroatoms. The monoisotopic (exact) mass is 489 g/mol. The van der Waals surface area contributed by atoms with E-state index in [9.17, 15) is 9.90 Å². The van der Waals surface area contributed by atoms with Gasteiger partial charge in [0.1, 0.15) is 17.7 Å². The molecule has 4 aliphatic rings. The van der Waals surface area contributed by atoms with E-state index in [1.165, 1.54) is 49.8 Å². The second kappa shape index (κ2) is 10.4. The van der Waals surface area contributed by atoms with Gasteiger partial charge in [0, 0.05) is 42.4 Å². The molecule has 36 heavy (non-hydrogen) atoms. The molecule has 2 saturated carbocycles. The molecule has 6 rings (SSSR count). The molecule has 3 fully saturated rings. The SMILES string of the molecule is O=C(O)C(c1cnc(C2CC2)nc1C1CC1)N1CC[C@@H](CCCCCc2ccc3c(n2)NCCC3)C1. The van der Waals surface area contributed by atoms with Crippen molar-refractivity contribution in [2.75, 3.05) is 25.0 Å². The molecular weight excluding hydrogens is 450 g/mol. The maximum atomic E-state index is 12.4. The number of rotatable bonds is 11. The van der Waals surface area contributed by atoms with E-state index in [4.69, 9.17) is 9.97 Å². The lowest BCUT2D eigenvalue weighted by Crippen LogP contribution is -2.33. The quantitative estimate of drug-likeness (QED) is 0.417. The second-order valence-electron chi connectivity index (χ2n) is 11.4. The van der Waals surface area contributed by atoms with Crippen LogP contribution in [0.4, 0.5) is 5.82 Å². The molecule has 2 aromatic heterocycles. The van der Waals surface area contributed by atoms with E-state index in [2.05, 4.69) is 27.3 Å². The van der Waals surface area contributed by atoms with Crippen molar-refractivity contribution < 1.29 is 9.90 Å². The van der Waals surface area contributed by atoms with Gasteiger partial charge >= 0.3 is 5.97 Å². The molecule has 0 aromatic carbocycles. The van der Waals surface area contributed by atoms with Crippen LogP contribution < -0.4 is 5.32 Å². The van der Waals surface area contributed by atoms with E-state index in [0.29, 0.717) is 17.8 Å². The summed E-state index contributed by atoms with van der Waals surface area (Å²) in [5, 5.41) is 13.6. The number of anilines is 1. The highest BCUT2D eigenvalue weighted by Crippen LogP contribution is 2.45. The summed E-state index contributed by atoms with van der Waals surface area (Å²) in [5.41, 5.74) is 4.42. The molecule has 0 bridgehead atoms. The number of aryl methyl sites for hydroxylation is 2. The number of carboxylic acid groups (broad SMARTS) is 1. The minimum atomic E-state index is -0.757. The Bertz CT molecular complexity index is 1100. The first kappa shape index (κ1) is 23.8. The zero-order chi connectivity index (χ0) is 24.5. The van der Waals surface area contributed by atoms with Crippen LogP contribution in [0.1, 0.15) is 110 Å². The normalized spacial score (nSPS) is 22.7. The third-order valence-electron chi connectivity index (χ3n) is 8.48. The first-order valence-corrected chi connectivity index (χ1v) is 14.2. The highest BCUT2D eigenvalue weighted by Gasteiger charge is 2.39. The zero-order valence-corrected chi connectivity index (χ0v) is 21.3. The Labute approximate surface area is 214 Å². The zero-order valence-electron chi connectivity index (χ0n) is 21.3. The standard InChI is InChI=1S/C29H39N5O2/c35-29(36)26(24-17-31-28(22-10-11-22)33-25(24)20-8-9-20)34-16-14-19(18-34)5-2-1-3-7-23-13-12-21-6-4-15-30-27(21)32-23/h12-13,17,19-20,22,26H,1-11,14-16,18H2,(H,30,32)(H,35,36)/t19-,26?/m1/s1. The molecule has 7 nitrogen and oxygen atoms in total.